The molecule has 0 radical (unpaired) electrons. The first-order chi connectivity index (χ1) is 17.4. The lowest BCUT2D eigenvalue weighted by molar-refractivity contribution is -0.117. The average Bonchev–Trinajstić information content (AvgIpc) is 3.42. The van der Waals surface area contributed by atoms with Gasteiger partial charge in [0.15, 0.2) is 0 Å². The number of fused-ring (bicyclic) bond motifs is 1. The monoisotopic (exact) mass is 505 g/mol. The molecule has 0 unspecified atom stereocenters. The van der Waals surface area contributed by atoms with Crippen molar-refractivity contribution < 1.29 is 19.1 Å². The van der Waals surface area contributed by atoms with Crippen molar-refractivity contribution in [1.82, 2.24) is 14.9 Å². The Labute approximate surface area is 215 Å². The number of imidazole rings is 1. The number of rotatable bonds is 5. The molecule has 4 aromatic rings. The normalized spacial score (nSPS) is 12.2. The molecule has 188 valence electrons. The van der Waals surface area contributed by atoms with E-state index in [-0.39, 0.29) is 11.1 Å². The number of hydrogen-bond acceptors (Lipinski definition) is 6. The number of ether oxygens (including phenoxy) is 2. The van der Waals surface area contributed by atoms with Gasteiger partial charge in [0.2, 0.25) is 5.91 Å². The summed E-state index contributed by atoms with van der Waals surface area (Å²) in [6, 6.07) is 22.0. The Morgan fingerprint density at radius 2 is 1.67 bits per heavy atom. The molecule has 1 N–H and O–H groups in total. The van der Waals surface area contributed by atoms with Crippen LogP contribution in [-0.4, -0.2) is 26.5 Å². The molecule has 3 aromatic carbocycles. The maximum absolute atomic E-state index is 10.1. The molecule has 1 fully saturated rings. The standard InChI is InChI=1S/C23H22N2O2.C3H3NO2S.C2H6/c1-16-8-10-18(11-9-16)26-15-23-24-20-13-12-19(14-21(20)25(23)3)27-22-7-5-4-6-17(22)2;5-2-1-7-3(6)4-2;1-2/h4-14H,15H2,1-3H3;1H2,(H,4,5,6);1-2H3. The number of nitrogens with one attached hydrogen (secondary N) is 1. The number of amides is 2. The molecule has 1 aromatic heterocycles. The molecule has 1 aliphatic rings. The lowest BCUT2D eigenvalue weighted by Crippen LogP contribution is -2.18. The van der Waals surface area contributed by atoms with E-state index in [0.29, 0.717) is 12.4 Å². The fraction of sp³-hybridized carbons (Fsp3) is 0.250. The van der Waals surface area contributed by atoms with E-state index in [1.54, 1.807) is 0 Å². The van der Waals surface area contributed by atoms with Gasteiger partial charge in [-0.25, -0.2) is 4.98 Å². The van der Waals surface area contributed by atoms with Crippen LogP contribution < -0.4 is 14.8 Å². The molecule has 0 spiro atoms. The molecule has 0 bridgehead atoms. The van der Waals surface area contributed by atoms with E-state index in [9.17, 15) is 9.59 Å². The van der Waals surface area contributed by atoms with Crippen LogP contribution in [0.2, 0.25) is 0 Å². The van der Waals surface area contributed by atoms with Crippen molar-refractivity contribution >= 4 is 33.9 Å². The number of carbonyl (C=O) groups is 2. The fourth-order valence-corrected chi connectivity index (χ4v) is 3.83. The van der Waals surface area contributed by atoms with Crippen LogP contribution >= 0.6 is 11.8 Å². The minimum atomic E-state index is -0.231. The topological polar surface area (TPSA) is 82.5 Å². The van der Waals surface area contributed by atoms with Gasteiger partial charge in [0.25, 0.3) is 5.24 Å². The van der Waals surface area contributed by atoms with Gasteiger partial charge in [-0.05, 0) is 49.7 Å². The highest BCUT2D eigenvalue weighted by Gasteiger charge is 2.16. The van der Waals surface area contributed by atoms with Crippen LogP contribution in [0.4, 0.5) is 4.79 Å². The first-order valence-corrected chi connectivity index (χ1v) is 12.7. The van der Waals surface area contributed by atoms with Crippen molar-refractivity contribution in [1.29, 1.82) is 0 Å². The largest absolute Gasteiger partial charge is 0.486 e. The van der Waals surface area contributed by atoms with Crippen LogP contribution in [0.1, 0.15) is 30.8 Å². The molecule has 7 nitrogen and oxygen atoms in total. The summed E-state index contributed by atoms with van der Waals surface area (Å²) < 4.78 is 14.0. The number of thioether (sulfide) groups is 1. The van der Waals surface area contributed by atoms with Crippen molar-refractivity contribution in [2.24, 2.45) is 7.05 Å². The highest BCUT2D eigenvalue weighted by molar-refractivity contribution is 8.14. The number of benzene rings is 3. The SMILES string of the molecule is CC.Cc1ccc(OCc2nc3ccc(Oc4ccccc4C)cc3n2C)cc1.O=C1CSC(=O)N1. The molecule has 36 heavy (non-hydrogen) atoms. The lowest BCUT2D eigenvalue weighted by Gasteiger charge is -2.09. The minimum absolute atomic E-state index is 0.185. The summed E-state index contributed by atoms with van der Waals surface area (Å²) in [5.41, 5.74) is 4.27. The molecular weight excluding hydrogens is 474 g/mol. The first kappa shape index (κ1) is 26.8. The molecule has 5 rings (SSSR count). The summed E-state index contributed by atoms with van der Waals surface area (Å²) in [5, 5.41) is 1.87. The van der Waals surface area contributed by atoms with E-state index in [4.69, 9.17) is 14.5 Å². The molecule has 0 aliphatic carbocycles. The van der Waals surface area contributed by atoms with Gasteiger partial charge < -0.3 is 14.0 Å². The van der Waals surface area contributed by atoms with Crippen molar-refractivity contribution in [2.45, 2.75) is 34.3 Å². The van der Waals surface area contributed by atoms with E-state index in [0.717, 1.165) is 51.4 Å². The summed E-state index contributed by atoms with van der Waals surface area (Å²) in [5.74, 6) is 3.48. The second-order valence-corrected chi connectivity index (χ2v) is 8.78. The smallest absolute Gasteiger partial charge is 0.286 e. The number of nitrogens with zero attached hydrogens (tertiary/aromatic N) is 2. The van der Waals surface area contributed by atoms with Crippen LogP contribution in [0.3, 0.4) is 0 Å². The highest BCUT2D eigenvalue weighted by atomic mass is 32.2. The van der Waals surface area contributed by atoms with E-state index >= 15 is 0 Å². The molecule has 0 saturated carbocycles. The predicted octanol–water partition coefficient (Wildman–Crippen LogP) is 6.56. The maximum Gasteiger partial charge on any atom is 0.286 e. The summed E-state index contributed by atoms with van der Waals surface area (Å²) in [6.45, 7) is 8.52. The van der Waals surface area contributed by atoms with Gasteiger partial charge in [0.1, 0.15) is 29.7 Å². The van der Waals surface area contributed by atoms with Crippen molar-refractivity contribution in [2.75, 3.05) is 5.75 Å². The summed E-state index contributed by atoms with van der Waals surface area (Å²) >= 11 is 1.01. The Bertz CT molecular complexity index is 1320. The second-order valence-electron chi connectivity index (χ2n) is 7.83. The number of para-hydroxylation sites is 1. The Kier molecular flexibility index (Phi) is 9.53. The van der Waals surface area contributed by atoms with Gasteiger partial charge in [-0.15, -0.1) is 0 Å². The maximum atomic E-state index is 10.1. The lowest BCUT2D eigenvalue weighted by atomic mass is 10.2. The van der Waals surface area contributed by atoms with E-state index in [1.807, 2.05) is 99.1 Å². The zero-order valence-electron chi connectivity index (χ0n) is 21.2. The number of aromatic nitrogens is 2. The van der Waals surface area contributed by atoms with Gasteiger partial charge in [-0.1, -0.05) is 61.5 Å². The Balaban J connectivity index is 0.000000342. The van der Waals surface area contributed by atoms with E-state index in [2.05, 4.69) is 12.2 Å². The zero-order chi connectivity index (χ0) is 26.1. The van der Waals surface area contributed by atoms with Crippen LogP contribution in [0.15, 0.2) is 66.7 Å². The molecular formula is C28H31N3O4S. The van der Waals surface area contributed by atoms with Crippen molar-refractivity contribution in [3.8, 4) is 17.2 Å². The molecule has 0 atom stereocenters. The average molecular weight is 506 g/mol. The van der Waals surface area contributed by atoms with E-state index < -0.39 is 0 Å². The summed E-state index contributed by atoms with van der Waals surface area (Å²) in [6.07, 6.45) is 0. The van der Waals surface area contributed by atoms with Crippen LogP contribution in [-0.2, 0) is 18.4 Å². The first-order valence-electron chi connectivity index (χ1n) is 11.7. The van der Waals surface area contributed by atoms with Crippen molar-refractivity contribution in [3.63, 3.8) is 0 Å². The van der Waals surface area contributed by atoms with Gasteiger partial charge in [0, 0.05) is 13.1 Å². The number of aryl methyl sites for hydroxylation is 3. The molecule has 8 heteroatoms. The van der Waals surface area contributed by atoms with Crippen LogP contribution in [0.5, 0.6) is 17.2 Å². The van der Waals surface area contributed by atoms with Gasteiger partial charge in [-0.2, -0.15) is 0 Å². The number of imide groups is 1. The molecule has 2 amide bonds. The van der Waals surface area contributed by atoms with Crippen molar-refractivity contribution in [3.05, 3.63) is 83.7 Å². The highest BCUT2D eigenvalue weighted by Crippen LogP contribution is 2.28. The number of hydrogen-bond donors (Lipinski definition) is 1. The second kappa shape index (κ2) is 12.8. The molecule has 1 aliphatic heterocycles. The van der Waals surface area contributed by atoms with E-state index in [1.165, 1.54) is 5.56 Å². The van der Waals surface area contributed by atoms with Crippen LogP contribution in [0, 0.1) is 13.8 Å². The third-order valence-electron chi connectivity index (χ3n) is 5.23. The Morgan fingerprint density at radius 1 is 0.972 bits per heavy atom. The third-order valence-corrected chi connectivity index (χ3v) is 6.00. The Hall–Kier alpha value is -3.78. The number of carbonyl (C=O) groups excluding carboxylic acids is 2. The van der Waals surface area contributed by atoms with Crippen LogP contribution in [0.25, 0.3) is 11.0 Å². The molecule has 1 saturated heterocycles. The summed E-state index contributed by atoms with van der Waals surface area (Å²) in [7, 11) is 2.00. The Morgan fingerprint density at radius 3 is 2.28 bits per heavy atom. The minimum Gasteiger partial charge on any atom is -0.486 e. The van der Waals surface area contributed by atoms with Gasteiger partial charge in [-0.3, -0.25) is 14.9 Å². The quantitative estimate of drug-likeness (QED) is 0.331. The zero-order valence-corrected chi connectivity index (χ0v) is 22.0. The molecule has 2 heterocycles. The summed E-state index contributed by atoms with van der Waals surface area (Å²) in [4.78, 5) is 24.9. The van der Waals surface area contributed by atoms with Gasteiger partial charge >= 0.3 is 0 Å². The third kappa shape index (κ3) is 7.11. The van der Waals surface area contributed by atoms with Gasteiger partial charge in [0.05, 0.1) is 16.8 Å². The fourth-order valence-electron chi connectivity index (χ4n) is 3.31. The predicted molar refractivity (Wildman–Crippen MR) is 145 cm³/mol.